The van der Waals surface area contributed by atoms with Crippen molar-refractivity contribution in [1.82, 2.24) is 0 Å². The van der Waals surface area contributed by atoms with Gasteiger partial charge in [0.05, 0.1) is 0 Å². The molecule has 0 heteroatoms. The Hall–Kier alpha value is -1.04. The lowest BCUT2D eigenvalue weighted by atomic mass is 9.77. The molecule has 0 spiro atoms. The lowest BCUT2D eigenvalue weighted by molar-refractivity contribution is 0.519. The summed E-state index contributed by atoms with van der Waals surface area (Å²) in [6.07, 6.45) is 8.74. The van der Waals surface area contributed by atoms with E-state index in [1.54, 1.807) is 11.1 Å². The largest absolute Gasteiger partial charge is 0.0998 e. The number of rotatable bonds is 4. The summed E-state index contributed by atoms with van der Waals surface area (Å²) < 4.78 is 0. The second-order valence-electron chi connectivity index (χ2n) is 6.13. The van der Waals surface area contributed by atoms with E-state index in [-0.39, 0.29) is 0 Å². The van der Waals surface area contributed by atoms with Gasteiger partial charge in [0, 0.05) is 0 Å². The van der Waals surface area contributed by atoms with E-state index in [4.69, 9.17) is 0 Å². The quantitative estimate of drug-likeness (QED) is 0.604. The molecule has 1 aromatic rings. The van der Waals surface area contributed by atoms with Gasteiger partial charge in [0.15, 0.2) is 0 Å². The maximum Gasteiger partial charge on any atom is -0.0119 e. The molecule has 0 saturated heterocycles. The Morgan fingerprint density at radius 1 is 1.26 bits per heavy atom. The summed E-state index contributed by atoms with van der Waals surface area (Å²) >= 11 is 0. The van der Waals surface area contributed by atoms with Gasteiger partial charge in [0.2, 0.25) is 0 Å². The molecular weight excluding hydrogens is 228 g/mol. The molecule has 0 heterocycles. The van der Waals surface area contributed by atoms with Crippen molar-refractivity contribution in [1.29, 1.82) is 0 Å². The van der Waals surface area contributed by atoms with E-state index in [2.05, 4.69) is 39.5 Å². The van der Waals surface area contributed by atoms with Crippen molar-refractivity contribution < 1.29 is 0 Å². The van der Waals surface area contributed by atoms with Crippen molar-refractivity contribution in [3.8, 4) is 0 Å². The smallest absolute Gasteiger partial charge is 0.0119 e. The first-order valence-electron chi connectivity index (χ1n) is 7.94. The summed E-state index contributed by atoms with van der Waals surface area (Å²) in [6, 6.07) is 4.89. The highest BCUT2D eigenvalue weighted by atomic mass is 14.3. The van der Waals surface area contributed by atoms with Crippen molar-refractivity contribution in [2.24, 2.45) is 0 Å². The molecule has 0 nitrogen and oxygen atoms in total. The predicted molar refractivity (Wildman–Crippen MR) is 84.9 cm³/mol. The molecule has 0 bridgehead atoms. The Morgan fingerprint density at radius 3 is 2.68 bits per heavy atom. The summed E-state index contributed by atoms with van der Waals surface area (Å²) in [7, 11) is 0. The van der Waals surface area contributed by atoms with Crippen LogP contribution in [0.15, 0.2) is 24.3 Å². The highest BCUT2D eigenvalue weighted by molar-refractivity contribution is 5.42. The van der Waals surface area contributed by atoms with E-state index >= 15 is 0 Å². The van der Waals surface area contributed by atoms with Gasteiger partial charge >= 0.3 is 0 Å². The van der Waals surface area contributed by atoms with E-state index in [9.17, 15) is 0 Å². The van der Waals surface area contributed by atoms with Crippen LogP contribution in [0.4, 0.5) is 0 Å². The van der Waals surface area contributed by atoms with Crippen LogP contribution in [0.3, 0.4) is 0 Å². The molecule has 1 saturated carbocycles. The number of hydrogen-bond donors (Lipinski definition) is 0. The van der Waals surface area contributed by atoms with E-state index in [0.717, 1.165) is 12.3 Å². The normalized spacial score (nSPS) is 19.7. The number of benzene rings is 1. The van der Waals surface area contributed by atoms with Crippen LogP contribution in [0.1, 0.15) is 74.1 Å². The molecule has 1 atom stereocenters. The molecule has 2 rings (SSSR count). The molecule has 1 unspecified atom stereocenters. The van der Waals surface area contributed by atoms with Crippen LogP contribution in [0.5, 0.6) is 0 Å². The summed E-state index contributed by atoms with van der Waals surface area (Å²) in [4.78, 5) is 0. The number of allylic oxidation sites excluding steroid dienone is 1. The minimum Gasteiger partial charge on any atom is -0.0998 e. The van der Waals surface area contributed by atoms with Crippen LogP contribution in [0, 0.1) is 6.92 Å². The van der Waals surface area contributed by atoms with E-state index in [0.29, 0.717) is 0 Å². The average molecular weight is 256 g/mol. The third-order valence-corrected chi connectivity index (χ3v) is 4.48. The molecule has 0 aromatic heterocycles. The first kappa shape index (κ1) is 14.4. The van der Waals surface area contributed by atoms with Gasteiger partial charge in [-0.3, -0.25) is 0 Å². The van der Waals surface area contributed by atoms with E-state index in [1.807, 2.05) is 0 Å². The van der Waals surface area contributed by atoms with Crippen LogP contribution in [-0.4, -0.2) is 0 Å². The molecule has 0 radical (unpaired) electrons. The Bertz CT molecular complexity index is 453. The van der Waals surface area contributed by atoms with Crippen molar-refractivity contribution in [3.05, 3.63) is 46.5 Å². The minimum absolute atomic E-state index is 0.729. The average Bonchev–Trinajstić information content (AvgIpc) is 2.38. The second-order valence-corrected chi connectivity index (χ2v) is 6.13. The van der Waals surface area contributed by atoms with Crippen molar-refractivity contribution >= 4 is 0 Å². The van der Waals surface area contributed by atoms with Crippen molar-refractivity contribution in [2.45, 2.75) is 71.6 Å². The van der Waals surface area contributed by atoms with Crippen LogP contribution in [0.25, 0.3) is 0 Å². The van der Waals surface area contributed by atoms with Gasteiger partial charge in [-0.15, -0.1) is 0 Å². The van der Waals surface area contributed by atoms with Gasteiger partial charge in [-0.05, 0) is 73.6 Å². The number of aryl methyl sites for hydroxylation is 3. The maximum absolute atomic E-state index is 4.22. The monoisotopic (exact) mass is 256 g/mol. The molecule has 1 fully saturated rings. The fourth-order valence-electron chi connectivity index (χ4n) is 3.66. The zero-order valence-electron chi connectivity index (χ0n) is 12.9. The van der Waals surface area contributed by atoms with Gasteiger partial charge in [-0.1, -0.05) is 44.6 Å². The summed E-state index contributed by atoms with van der Waals surface area (Å²) in [5.74, 6) is 0.729. The van der Waals surface area contributed by atoms with Crippen molar-refractivity contribution in [2.75, 3.05) is 0 Å². The fourth-order valence-corrected chi connectivity index (χ4v) is 3.66. The lowest BCUT2D eigenvalue weighted by Crippen LogP contribution is -2.11. The molecular formula is C19H28. The third kappa shape index (κ3) is 3.29. The third-order valence-electron chi connectivity index (χ3n) is 4.48. The van der Waals surface area contributed by atoms with Crippen LogP contribution in [0.2, 0.25) is 0 Å². The topological polar surface area (TPSA) is 0 Å². The lowest BCUT2D eigenvalue weighted by Gasteiger charge is -2.28. The van der Waals surface area contributed by atoms with Gasteiger partial charge < -0.3 is 0 Å². The highest BCUT2D eigenvalue weighted by Crippen LogP contribution is 2.38. The van der Waals surface area contributed by atoms with Crippen LogP contribution in [-0.2, 0) is 12.8 Å². The first-order valence-corrected chi connectivity index (χ1v) is 7.94. The minimum atomic E-state index is 0.729. The number of hydrogen-bond acceptors (Lipinski definition) is 0. The zero-order chi connectivity index (χ0) is 13.8. The Kier molecular flexibility index (Phi) is 4.85. The molecule has 19 heavy (non-hydrogen) atoms. The summed E-state index contributed by atoms with van der Waals surface area (Å²) in [5, 5.41) is 0. The van der Waals surface area contributed by atoms with Gasteiger partial charge in [0.25, 0.3) is 0 Å². The standard InChI is InChI=1S/C19H28/c1-5-8-16-12-15(4)19(17(6-2)13-16)18-10-7-9-14(3)11-18/h12-13,18H,3,5-11H2,1-2,4H3. The molecule has 104 valence electrons. The van der Waals surface area contributed by atoms with Crippen LogP contribution >= 0.6 is 0 Å². The maximum atomic E-state index is 4.22. The second kappa shape index (κ2) is 6.41. The highest BCUT2D eigenvalue weighted by Gasteiger charge is 2.21. The Labute approximate surface area is 118 Å². The summed E-state index contributed by atoms with van der Waals surface area (Å²) in [5.41, 5.74) is 7.72. The molecule has 0 aliphatic heterocycles. The van der Waals surface area contributed by atoms with Gasteiger partial charge in [-0.2, -0.15) is 0 Å². The van der Waals surface area contributed by atoms with Gasteiger partial charge in [-0.25, -0.2) is 0 Å². The SMILES string of the molecule is C=C1CCCC(c2c(C)cc(CCC)cc2CC)C1. The molecule has 1 aliphatic rings. The fraction of sp³-hybridized carbons (Fsp3) is 0.579. The Morgan fingerprint density at radius 2 is 2.05 bits per heavy atom. The summed E-state index contributed by atoms with van der Waals surface area (Å²) in [6.45, 7) is 11.1. The van der Waals surface area contributed by atoms with E-state index in [1.165, 1.54) is 55.2 Å². The predicted octanol–water partition coefficient (Wildman–Crippen LogP) is 5.72. The molecule has 0 amide bonds. The molecule has 1 aromatic carbocycles. The molecule has 1 aliphatic carbocycles. The molecule has 0 N–H and O–H groups in total. The zero-order valence-corrected chi connectivity index (χ0v) is 12.9. The van der Waals surface area contributed by atoms with Crippen molar-refractivity contribution in [3.63, 3.8) is 0 Å². The first-order chi connectivity index (χ1) is 9.15. The van der Waals surface area contributed by atoms with E-state index < -0.39 is 0 Å². The van der Waals surface area contributed by atoms with Crippen LogP contribution < -0.4 is 0 Å². The Balaban J connectivity index is 2.35. The van der Waals surface area contributed by atoms with Gasteiger partial charge in [0.1, 0.15) is 0 Å².